The average molecular weight is 407 g/mol. The maximum Gasteiger partial charge on any atom is 0.319 e. The van der Waals surface area contributed by atoms with Gasteiger partial charge < -0.3 is 21.1 Å². The molecule has 1 atom stereocenters. The summed E-state index contributed by atoms with van der Waals surface area (Å²) in [5.41, 5.74) is -0.0338. The average Bonchev–Trinajstić information content (AvgIpc) is 2.99. The van der Waals surface area contributed by atoms with Gasteiger partial charge in [0.2, 0.25) is 0 Å². The molecule has 156 valence electrons. The minimum absolute atomic E-state index is 0.209. The molecule has 0 radical (unpaired) electrons. The van der Waals surface area contributed by atoms with Gasteiger partial charge in [-0.1, -0.05) is 37.5 Å². The zero-order valence-electron chi connectivity index (χ0n) is 16.6. The van der Waals surface area contributed by atoms with Crippen LogP contribution in [0.4, 0.5) is 16.2 Å². The number of ketones is 1. The molecule has 2 aromatic rings. The first-order valence-corrected chi connectivity index (χ1v) is 10.3. The Hall–Kier alpha value is -3.19. The topological polar surface area (TPSA) is 108 Å². The van der Waals surface area contributed by atoms with E-state index in [1.807, 2.05) is 0 Å². The van der Waals surface area contributed by atoms with E-state index in [1.54, 1.807) is 48.5 Å². The van der Waals surface area contributed by atoms with E-state index in [0.717, 1.165) is 25.7 Å². The molecule has 7 nitrogen and oxygen atoms in total. The molecule has 0 saturated heterocycles. The van der Waals surface area contributed by atoms with Gasteiger partial charge in [0.1, 0.15) is 0 Å². The highest BCUT2D eigenvalue weighted by atomic mass is 16.3. The number of carbonyl (C=O) groups is 3. The highest BCUT2D eigenvalue weighted by molar-refractivity contribution is 6.09. The minimum Gasteiger partial charge on any atom is -0.375 e. The molecule has 30 heavy (non-hydrogen) atoms. The molecule has 3 amide bonds. The molecule has 2 aromatic carbocycles. The highest BCUT2D eigenvalue weighted by Crippen LogP contribution is 2.38. The molecule has 4 N–H and O–H groups in total. The van der Waals surface area contributed by atoms with E-state index in [2.05, 4.69) is 16.0 Å². The van der Waals surface area contributed by atoms with Crippen molar-refractivity contribution in [1.82, 2.24) is 5.32 Å². The second-order valence-corrected chi connectivity index (χ2v) is 7.97. The van der Waals surface area contributed by atoms with Crippen LogP contribution in [0.5, 0.6) is 0 Å². The lowest BCUT2D eigenvalue weighted by molar-refractivity contribution is -0.133. The first kappa shape index (κ1) is 20.1. The van der Waals surface area contributed by atoms with E-state index in [0.29, 0.717) is 22.5 Å². The third kappa shape index (κ3) is 4.07. The third-order valence-corrected chi connectivity index (χ3v) is 5.82. The molecule has 0 spiro atoms. The second kappa shape index (κ2) is 8.28. The number of fused-ring (bicyclic) bond motifs is 1. The molecule has 1 fully saturated rings. The van der Waals surface area contributed by atoms with Gasteiger partial charge in [0.25, 0.3) is 5.91 Å². The Kier molecular flexibility index (Phi) is 5.55. The summed E-state index contributed by atoms with van der Waals surface area (Å²) >= 11 is 0. The van der Waals surface area contributed by atoms with Crippen LogP contribution < -0.4 is 16.0 Å². The van der Waals surface area contributed by atoms with E-state index >= 15 is 0 Å². The summed E-state index contributed by atoms with van der Waals surface area (Å²) in [4.78, 5) is 37.2. The number of nitrogens with one attached hydrogen (secondary N) is 3. The van der Waals surface area contributed by atoms with Gasteiger partial charge in [-0.05, 0) is 43.2 Å². The maximum absolute atomic E-state index is 12.7. The largest absolute Gasteiger partial charge is 0.375 e. The fraction of sp³-hybridized carbons (Fsp3) is 0.348. The molecule has 0 aromatic heterocycles. The lowest BCUT2D eigenvalue weighted by Crippen LogP contribution is -2.39. The monoisotopic (exact) mass is 407 g/mol. The van der Waals surface area contributed by atoms with Crippen molar-refractivity contribution >= 4 is 29.1 Å². The van der Waals surface area contributed by atoms with Gasteiger partial charge in [0.15, 0.2) is 11.4 Å². The number of amides is 3. The van der Waals surface area contributed by atoms with Crippen molar-refractivity contribution < 1.29 is 19.5 Å². The van der Waals surface area contributed by atoms with E-state index < -0.39 is 11.5 Å². The highest BCUT2D eigenvalue weighted by Gasteiger charge is 2.46. The van der Waals surface area contributed by atoms with Crippen LogP contribution in [0.25, 0.3) is 0 Å². The smallest absolute Gasteiger partial charge is 0.319 e. The van der Waals surface area contributed by atoms with Crippen molar-refractivity contribution in [3.8, 4) is 0 Å². The first-order chi connectivity index (χ1) is 14.5. The van der Waals surface area contributed by atoms with Crippen molar-refractivity contribution in [2.75, 3.05) is 10.6 Å². The van der Waals surface area contributed by atoms with Crippen LogP contribution in [-0.2, 0) is 10.4 Å². The number of benzene rings is 2. The van der Waals surface area contributed by atoms with Crippen LogP contribution in [0.2, 0.25) is 0 Å². The fourth-order valence-corrected chi connectivity index (χ4v) is 4.15. The van der Waals surface area contributed by atoms with Crippen molar-refractivity contribution in [3.05, 3.63) is 59.7 Å². The van der Waals surface area contributed by atoms with Crippen LogP contribution in [-0.4, -0.2) is 28.9 Å². The van der Waals surface area contributed by atoms with Crippen molar-refractivity contribution in [1.29, 1.82) is 0 Å². The summed E-state index contributed by atoms with van der Waals surface area (Å²) in [6, 6.07) is 13.2. The van der Waals surface area contributed by atoms with Crippen molar-refractivity contribution in [3.63, 3.8) is 0 Å². The molecule has 2 aliphatic rings. The normalized spacial score (nSPS) is 20.9. The number of aliphatic hydroxyl groups is 1. The number of rotatable bonds is 5. The molecule has 1 unspecified atom stereocenters. The Bertz CT molecular complexity index is 967. The summed E-state index contributed by atoms with van der Waals surface area (Å²) in [7, 11) is 0. The molecule has 1 aliphatic heterocycles. The SMILES string of the molecule is O=C(Nc1ccc(C(=O)CC2(O)C(=O)Nc3ccccc32)cc1)NC1CCCCC1. The van der Waals surface area contributed by atoms with Gasteiger partial charge in [-0.15, -0.1) is 0 Å². The van der Waals surface area contributed by atoms with Crippen LogP contribution >= 0.6 is 0 Å². The number of anilines is 2. The Labute approximate surface area is 174 Å². The van der Waals surface area contributed by atoms with Crippen LogP contribution in [0, 0.1) is 0 Å². The van der Waals surface area contributed by atoms with Gasteiger partial charge >= 0.3 is 6.03 Å². The molecule has 1 saturated carbocycles. The van der Waals surface area contributed by atoms with Gasteiger partial charge in [-0.3, -0.25) is 9.59 Å². The van der Waals surface area contributed by atoms with Gasteiger partial charge in [0, 0.05) is 28.5 Å². The van der Waals surface area contributed by atoms with E-state index in [4.69, 9.17) is 0 Å². The summed E-state index contributed by atoms with van der Waals surface area (Å²) in [5, 5.41) is 19.2. The summed E-state index contributed by atoms with van der Waals surface area (Å²) < 4.78 is 0. The molecule has 0 bridgehead atoms. The zero-order valence-corrected chi connectivity index (χ0v) is 16.6. The van der Waals surface area contributed by atoms with Gasteiger partial charge in [-0.2, -0.15) is 0 Å². The van der Waals surface area contributed by atoms with Crippen molar-refractivity contribution in [2.24, 2.45) is 0 Å². The van der Waals surface area contributed by atoms with E-state index in [1.165, 1.54) is 6.42 Å². The number of urea groups is 1. The Balaban J connectivity index is 1.38. The molecule has 7 heteroatoms. The Morgan fingerprint density at radius 2 is 1.73 bits per heavy atom. The predicted molar refractivity (Wildman–Crippen MR) is 113 cm³/mol. The number of hydrogen-bond donors (Lipinski definition) is 4. The molecule has 4 rings (SSSR count). The molecule has 1 aliphatic carbocycles. The molecular formula is C23H25N3O4. The molecular weight excluding hydrogens is 382 g/mol. The first-order valence-electron chi connectivity index (χ1n) is 10.3. The summed E-state index contributed by atoms with van der Waals surface area (Å²) in [6.07, 6.45) is 5.14. The lowest BCUT2D eigenvalue weighted by atomic mass is 9.88. The van der Waals surface area contributed by atoms with Gasteiger partial charge in [-0.25, -0.2) is 4.79 Å². The summed E-state index contributed by atoms with van der Waals surface area (Å²) in [5.74, 6) is -0.961. The quantitative estimate of drug-likeness (QED) is 0.569. The lowest BCUT2D eigenvalue weighted by Gasteiger charge is -2.23. The number of Topliss-reactive ketones (excluding diaryl/α,β-unsaturated/α-hetero) is 1. The van der Waals surface area contributed by atoms with Crippen molar-refractivity contribution in [2.45, 2.75) is 50.2 Å². The van der Waals surface area contributed by atoms with Crippen LogP contribution in [0.1, 0.15) is 54.4 Å². The zero-order chi connectivity index (χ0) is 21.1. The fourth-order valence-electron chi connectivity index (χ4n) is 4.15. The Morgan fingerprint density at radius 1 is 1.03 bits per heavy atom. The minimum atomic E-state index is -1.88. The van der Waals surface area contributed by atoms with E-state index in [-0.39, 0.29) is 24.3 Å². The van der Waals surface area contributed by atoms with Gasteiger partial charge in [0.05, 0.1) is 6.42 Å². The third-order valence-electron chi connectivity index (χ3n) is 5.82. The number of hydrogen-bond acceptors (Lipinski definition) is 4. The van der Waals surface area contributed by atoms with E-state index in [9.17, 15) is 19.5 Å². The predicted octanol–water partition coefficient (Wildman–Crippen LogP) is 3.55. The molecule has 1 heterocycles. The second-order valence-electron chi connectivity index (χ2n) is 7.97. The number of para-hydroxylation sites is 1. The number of carbonyl (C=O) groups excluding carboxylic acids is 3. The summed E-state index contributed by atoms with van der Waals surface area (Å²) in [6.45, 7) is 0. The van der Waals surface area contributed by atoms with Crippen LogP contribution in [0.3, 0.4) is 0 Å². The van der Waals surface area contributed by atoms with Crippen LogP contribution in [0.15, 0.2) is 48.5 Å². The Morgan fingerprint density at radius 3 is 2.47 bits per heavy atom. The maximum atomic E-state index is 12.7. The standard InChI is InChI=1S/C23H25N3O4/c27-20(14-23(30)18-8-4-5-9-19(18)26-21(23)28)15-10-12-17(13-11-15)25-22(29)24-16-6-2-1-3-7-16/h4-5,8-13,16,30H,1-3,6-7,14H2,(H,26,28)(H2,24,25,29).